The Morgan fingerprint density at radius 1 is 0.541 bits per heavy atom. The number of phenolic OH excluding ortho intramolecular Hbond substituents is 2. The maximum Gasteiger partial charge on any atom is 0.128 e. The van der Waals surface area contributed by atoms with Crippen LogP contribution >= 0.6 is 0 Å². The summed E-state index contributed by atoms with van der Waals surface area (Å²) in [6, 6.07) is 8.28. The summed E-state index contributed by atoms with van der Waals surface area (Å²) in [5.74, 6) is 0.586. The van der Waals surface area contributed by atoms with E-state index >= 15 is 0 Å². The molecule has 5 heteroatoms. The molecule has 0 spiro atoms. The normalized spacial score (nSPS) is 13.4. The van der Waals surface area contributed by atoms with Crippen LogP contribution < -0.4 is 0 Å². The largest absolute Gasteiger partial charge is 0.507 e. The maximum atomic E-state index is 10.9. The minimum Gasteiger partial charge on any atom is -0.507 e. The van der Waals surface area contributed by atoms with Gasteiger partial charge < -0.3 is 10.2 Å². The van der Waals surface area contributed by atoms with Crippen molar-refractivity contribution in [3.05, 3.63) is 57.6 Å². The van der Waals surface area contributed by atoms with E-state index < -0.39 is 0 Å². The van der Waals surface area contributed by atoms with Gasteiger partial charge in [-0.3, -0.25) is 9.98 Å². The van der Waals surface area contributed by atoms with Crippen LogP contribution in [0.5, 0.6) is 11.5 Å². The third kappa shape index (κ3) is 8.72. The van der Waals surface area contributed by atoms with Crippen molar-refractivity contribution >= 4 is 12.4 Å². The van der Waals surface area contributed by atoms with Crippen LogP contribution in [0.2, 0.25) is 0 Å². The van der Waals surface area contributed by atoms with Gasteiger partial charge in [-0.05, 0) is 44.9 Å². The Morgan fingerprint density at radius 3 is 1.08 bits per heavy atom. The van der Waals surface area contributed by atoms with Gasteiger partial charge in [0.1, 0.15) is 11.5 Å². The van der Waals surface area contributed by atoms with Gasteiger partial charge in [0.05, 0.1) is 13.1 Å². The molecule has 0 aromatic heterocycles. The molecule has 0 saturated heterocycles. The molecule has 0 saturated carbocycles. The zero-order valence-corrected chi connectivity index (χ0v) is 26.1. The quantitative estimate of drug-likeness (QED) is 0.227. The first-order valence-electron chi connectivity index (χ1n) is 13.0. The molecular weight excluding hydrogens is 500 g/mol. The molecule has 2 aromatic carbocycles. The van der Waals surface area contributed by atoms with Gasteiger partial charge in [-0.25, -0.2) is 0 Å². The van der Waals surface area contributed by atoms with Crippen molar-refractivity contribution in [3.63, 3.8) is 0 Å². The molecule has 0 heterocycles. The van der Waals surface area contributed by atoms with Gasteiger partial charge >= 0.3 is 0 Å². The van der Waals surface area contributed by atoms with Crippen LogP contribution in [0.15, 0.2) is 34.3 Å². The molecule has 0 aliphatic rings. The van der Waals surface area contributed by atoms with E-state index in [1.165, 1.54) is 11.1 Å². The molecule has 0 unspecified atom stereocenters. The van der Waals surface area contributed by atoms with Gasteiger partial charge in [0.25, 0.3) is 0 Å². The van der Waals surface area contributed by atoms with Crippen LogP contribution in [0.3, 0.4) is 0 Å². The van der Waals surface area contributed by atoms with Crippen molar-refractivity contribution in [1.82, 2.24) is 0 Å². The van der Waals surface area contributed by atoms with Crippen molar-refractivity contribution < 1.29 is 27.3 Å². The second-order valence-corrected chi connectivity index (χ2v) is 14.0. The maximum absolute atomic E-state index is 10.9. The summed E-state index contributed by atoms with van der Waals surface area (Å²) in [7, 11) is 0. The van der Waals surface area contributed by atoms with Crippen molar-refractivity contribution in [3.8, 4) is 11.5 Å². The van der Waals surface area contributed by atoms with Crippen LogP contribution in [0.25, 0.3) is 0 Å². The first-order valence-corrected chi connectivity index (χ1v) is 13.0. The molecule has 2 N–H and O–H groups in total. The molecule has 0 bridgehead atoms. The summed E-state index contributed by atoms with van der Waals surface area (Å²) in [5, 5.41) is 21.9. The average Bonchev–Trinajstić information content (AvgIpc) is 2.69. The molecule has 206 valence electrons. The molecule has 2 rings (SSSR count). The Bertz CT molecular complexity index is 1040. The molecule has 37 heavy (non-hydrogen) atoms. The molecule has 0 fully saturated rings. The molecule has 0 amide bonds. The van der Waals surface area contributed by atoms with E-state index in [0.717, 1.165) is 22.3 Å². The number of rotatable bonds is 5. The van der Waals surface area contributed by atoms with E-state index in [2.05, 4.69) is 105 Å². The fourth-order valence-electron chi connectivity index (χ4n) is 3.96. The molecule has 0 radical (unpaired) electrons. The minimum absolute atomic E-state index is 0. The topological polar surface area (TPSA) is 65.2 Å². The second-order valence-electron chi connectivity index (χ2n) is 14.0. The predicted molar refractivity (Wildman–Crippen MR) is 156 cm³/mol. The zero-order valence-electron chi connectivity index (χ0n) is 25.0. The fourth-order valence-corrected chi connectivity index (χ4v) is 3.96. The first kappa shape index (κ1) is 32.9. The van der Waals surface area contributed by atoms with Gasteiger partial charge in [-0.1, -0.05) is 95.2 Å². The summed E-state index contributed by atoms with van der Waals surface area (Å²) in [6.45, 7) is 26.7. The number of hydrogen-bond acceptors (Lipinski definition) is 4. The standard InChI is InChI=1S/C32H48N2O2.Fe/c1-29(2,3)23-15-21(27(35)25(17-23)31(7,8)9)19-33-13-14-34-20-22-16-24(30(4,5)6)18-26(28(22)36)32(10,11)12;/h15-20,35-36H,13-14H2,1-12H3;. The van der Waals surface area contributed by atoms with Gasteiger partial charge in [-0.2, -0.15) is 0 Å². The summed E-state index contributed by atoms with van der Waals surface area (Å²) in [4.78, 5) is 9.11. The Kier molecular flexibility index (Phi) is 10.5. The average molecular weight is 549 g/mol. The van der Waals surface area contributed by atoms with Gasteiger partial charge in [0, 0.05) is 51.8 Å². The van der Waals surface area contributed by atoms with E-state index in [1.807, 2.05) is 12.1 Å². The SMILES string of the molecule is CC(C)(C)c1cc(C=NCCN=Cc2cc(C(C)(C)C)cc(C(C)(C)C)c2O)c(O)c(C(C)(C)C)c1.[Fe]. The minimum atomic E-state index is -0.173. The predicted octanol–water partition coefficient (Wildman–Crippen LogP) is 7.82. The Morgan fingerprint density at radius 2 is 0.838 bits per heavy atom. The number of aliphatic imine (C=N–C) groups is 2. The van der Waals surface area contributed by atoms with Crippen LogP contribution in [-0.4, -0.2) is 35.7 Å². The Labute approximate surface area is 236 Å². The molecule has 0 aliphatic heterocycles. The van der Waals surface area contributed by atoms with Gasteiger partial charge in [-0.15, -0.1) is 0 Å². The monoisotopic (exact) mass is 548 g/mol. The summed E-state index contributed by atoms with van der Waals surface area (Å²) >= 11 is 0. The summed E-state index contributed by atoms with van der Waals surface area (Å²) in [6.07, 6.45) is 3.51. The van der Waals surface area contributed by atoms with Gasteiger partial charge in [0.2, 0.25) is 0 Å². The third-order valence-corrected chi connectivity index (χ3v) is 6.45. The zero-order chi connectivity index (χ0) is 27.7. The first-order chi connectivity index (χ1) is 16.2. The van der Waals surface area contributed by atoms with Crippen LogP contribution in [0, 0.1) is 0 Å². The van der Waals surface area contributed by atoms with E-state index in [9.17, 15) is 10.2 Å². The Hall–Kier alpha value is -2.10. The van der Waals surface area contributed by atoms with E-state index in [-0.39, 0.29) is 38.7 Å². The van der Waals surface area contributed by atoms with Crippen molar-refractivity contribution in [2.45, 2.75) is 105 Å². The van der Waals surface area contributed by atoms with Gasteiger partial charge in [0.15, 0.2) is 0 Å². The van der Waals surface area contributed by atoms with Crippen molar-refractivity contribution in [2.24, 2.45) is 9.98 Å². The van der Waals surface area contributed by atoms with Crippen molar-refractivity contribution in [2.75, 3.05) is 13.1 Å². The van der Waals surface area contributed by atoms with Crippen LogP contribution in [-0.2, 0) is 38.7 Å². The second kappa shape index (κ2) is 11.7. The van der Waals surface area contributed by atoms with Crippen molar-refractivity contribution in [1.29, 1.82) is 0 Å². The Balaban J connectivity index is 0.00000684. The van der Waals surface area contributed by atoms with Crippen LogP contribution in [0.1, 0.15) is 116 Å². The van der Waals surface area contributed by atoms with E-state index in [0.29, 0.717) is 24.6 Å². The molecular formula is C32H48FeN2O2. The number of nitrogens with zero attached hydrogens (tertiary/aromatic N) is 2. The summed E-state index contributed by atoms with van der Waals surface area (Å²) in [5.41, 5.74) is 5.27. The molecule has 0 aliphatic carbocycles. The van der Waals surface area contributed by atoms with Crippen LogP contribution in [0.4, 0.5) is 0 Å². The number of aromatic hydroxyl groups is 2. The summed E-state index contributed by atoms with van der Waals surface area (Å²) < 4.78 is 0. The molecule has 4 nitrogen and oxygen atoms in total. The fraction of sp³-hybridized carbons (Fsp3) is 0.562. The number of phenols is 2. The number of benzene rings is 2. The third-order valence-electron chi connectivity index (χ3n) is 6.45. The van der Waals surface area contributed by atoms with E-state index in [1.54, 1.807) is 12.4 Å². The van der Waals surface area contributed by atoms with E-state index in [4.69, 9.17) is 0 Å². The molecule has 2 aromatic rings. The molecule has 0 atom stereocenters. The smallest absolute Gasteiger partial charge is 0.128 e. The number of hydrogen-bond donors (Lipinski definition) is 2.